The Hall–Kier alpha value is -2.20. The van der Waals surface area contributed by atoms with Crippen LogP contribution in [0.15, 0.2) is 46.9 Å². The monoisotopic (exact) mass is 271 g/mol. The van der Waals surface area contributed by atoms with E-state index in [4.69, 9.17) is 4.42 Å². The van der Waals surface area contributed by atoms with Crippen molar-refractivity contribution in [3.05, 3.63) is 65.3 Å². The average molecular weight is 271 g/mol. The van der Waals surface area contributed by atoms with Gasteiger partial charge >= 0.3 is 0 Å². The first kappa shape index (κ1) is 12.8. The Bertz CT molecular complexity index is 718. The van der Waals surface area contributed by atoms with Crippen LogP contribution in [0.25, 0.3) is 11.1 Å². The molecule has 0 aliphatic carbocycles. The molecule has 1 unspecified atom stereocenters. The lowest BCUT2D eigenvalue weighted by atomic mass is 10.0. The minimum atomic E-state index is -0.834. The Kier molecular flexibility index (Phi) is 3.24. The maximum absolute atomic E-state index is 13.3. The average Bonchev–Trinajstić information content (AvgIpc) is 2.83. The molecule has 1 heterocycles. The van der Waals surface area contributed by atoms with Crippen LogP contribution in [0.4, 0.5) is 4.39 Å². The number of benzene rings is 2. The van der Waals surface area contributed by atoms with Gasteiger partial charge in [-0.15, -0.1) is 0 Å². The van der Waals surface area contributed by atoms with Crippen molar-refractivity contribution < 1.29 is 13.9 Å². The fourth-order valence-electron chi connectivity index (χ4n) is 2.25. The van der Waals surface area contributed by atoms with E-state index < -0.39 is 6.10 Å². The number of halogens is 1. The third-order valence-corrected chi connectivity index (χ3v) is 3.31. The number of aliphatic hydroxyl groups excluding tert-OH is 1. The van der Waals surface area contributed by atoms with Gasteiger partial charge in [-0.2, -0.15) is 0 Å². The van der Waals surface area contributed by atoms with Gasteiger partial charge in [0.05, 0.1) is 12.5 Å². The van der Waals surface area contributed by atoms with Crippen LogP contribution in [0, 0.1) is 12.7 Å². The number of rotatable bonds is 3. The lowest BCUT2D eigenvalue weighted by molar-refractivity contribution is 0.168. The Morgan fingerprint density at radius 2 is 2.05 bits per heavy atom. The van der Waals surface area contributed by atoms with Gasteiger partial charge in [0.2, 0.25) is 0 Å². The summed E-state index contributed by atoms with van der Waals surface area (Å²) in [6.07, 6.45) is -0.613. The summed E-state index contributed by atoms with van der Waals surface area (Å²) in [5.41, 5.74) is 2.85. The van der Waals surface area contributed by atoms with Crippen LogP contribution in [0.2, 0.25) is 0 Å². The maximum atomic E-state index is 13.3. The normalized spacial score (nSPS) is 12.8. The molecule has 1 aromatic heterocycles. The van der Waals surface area contributed by atoms with E-state index in [0.29, 0.717) is 17.0 Å². The molecule has 0 fully saturated rings. The molecule has 2 aromatic carbocycles. The quantitative estimate of drug-likeness (QED) is 0.792. The van der Waals surface area contributed by atoms with Gasteiger partial charge in [-0.05, 0) is 42.3 Å². The first-order chi connectivity index (χ1) is 9.63. The number of aromatic nitrogens is 1. The Morgan fingerprint density at radius 3 is 2.85 bits per heavy atom. The lowest BCUT2D eigenvalue weighted by Crippen LogP contribution is -2.04. The number of fused-ring (bicyclic) bond motifs is 1. The van der Waals surface area contributed by atoms with E-state index in [1.54, 1.807) is 6.07 Å². The predicted molar refractivity (Wildman–Crippen MR) is 73.8 cm³/mol. The van der Waals surface area contributed by atoms with Crippen molar-refractivity contribution in [3.8, 4) is 0 Å². The van der Waals surface area contributed by atoms with Crippen LogP contribution in [0.3, 0.4) is 0 Å². The molecule has 3 aromatic rings. The van der Waals surface area contributed by atoms with E-state index >= 15 is 0 Å². The van der Waals surface area contributed by atoms with Crippen LogP contribution in [0.1, 0.15) is 23.1 Å². The van der Waals surface area contributed by atoms with E-state index in [9.17, 15) is 9.50 Å². The van der Waals surface area contributed by atoms with Crippen LogP contribution in [0.5, 0.6) is 0 Å². The highest BCUT2D eigenvalue weighted by molar-refractivity contribution is 5.72. The molecule has 0 amide bonds. The molecule has 102 valence electrons. The summed E-state index contributed by atoms with van der Waals surface area (Å²) in [5.74, 6) is 0.0876. The van der Waals surface area contributed by atoms with Crippen molar-refractivity contribution in [1.29, 1.82) is 0 Å². The second kappa shape index (κ2) is 5.06. The standard InChI is InChI=1S/C16H14FNO2/c1-10-6-7-11(17)8-12(10)14(19)9-16-18-13-4-2-3-5-15(13)20-16/h2-8,14,19H,9H2,1H3. The molecular weight excluding hydrogens is 257 g/mol. The summed E-state index contributed by atoms with van der Waals surface area (Å²) in [6, 6.07) is 11.8. The highest BCUT2D eigenvalue weighted by atomic mass is 19.1. The van der Waals surface area contributed by atoms with Crippen molar-refractivity contribution in [3.63, 3.8) is 0 Å². The summed E-state index contributed by atoms with van der Waals surface area (Å²) < 4.78 is 18.8. The lowest BCUT2D eigenvalue weighted by Gasteiger charge is -2.11. The van der Waals surface area contributed by atoms with Gasteiger partial charge in [-0.3, -0.25) is 0 Å². The molecule has 0 saturated carbocycles. The van der Waals surface area contributed by atoms with E-state index in [1.165, 1.54) is 12.1 Å². The Morgan fingerprint density at radius 1 is 1.25 bits per heavy atom. The van der Waals surface area contributed by atoms with Crippen molar-refractivity contribution in [2.45, 2.75) is 19.4 Å². The van der Waals surface area contributed by atoms with Gasteiger partial charge in [0.25, 0.3) is 0 Å². The molecule has 0 spiro atoms. The van der Waals surface area contributed by atoms with E-state index in [1.807, 2.05) is 31.2 Å². The highest BCUT2D eigenvalue weighted by Gasteiger charge is 2.16. The zero-order chi connectivity index (χ0) is 14.1. The molecule has 0 aliphatic rings. The highest BCUT2D eigenvalue weighted by Crippen LogP contribution is 2.24. The van der Waals surface area contributed by atoms with Crippen molar-refractivity contribution in [1.82, 2.24) is 4.98 Å². The van der Waals surface area contributed by atoms with Gasteiger partial charge < -0.3 is 9.52 Å². The minimum absolute atomic E-state index is 0.221. The minimum Gasteiger partial charge on any atom is -0.441 e. The first-order valence-electron chi connectivity index (χ1n) is 6.42. The largest absolute Gasteiger partial charge is 0.441 e. The number of hydrogen-bond acceptors (Lipinski definition) is 3. The molecule has 0 aliphatic heterocycles. The van der Waals surface area contributed by atoms with Crippen LogP contribution in [-0.2, 0) is 6.42 Å². The number of para-hydroxylation sites is 2. The fraction of sp³-hybridized carbons (Fsp3) is 0.188. The van der Waals surface area contributed by atoms with Gasteiger partial charge in [0.15, 0.2) is 11.5 Å². The molecule has 1 N–H and O–H groups in total. The van der Waals surface area contributed by atoms with Gasteiger partial charge in [0.1, 0.15) is 11.3 Å². The van der Waals surface area contributed by atoms with Crippen molar-refractivity contribution >= 4 is 11.1 Å². The molecule has 1 atom stereocenters. The molecule has 3 rings (SSSR count). The van der Waals surface area contributed by atoms with Crippen molar-refractivity contribution in [2.75, 3.05) is 0 Å². The SMILES string of the molecule is Cc1ccc(F)cc1C(O)Cc1nc2ccccc2o1. The molecule has 0 saturated heterocycles. The Labute approximate surface area is 115 Å². The van der Waals surface area contributed by atoms with Gasteiger partial charge in [0, 0.05) is 0 Å². The second-order valence-electron chi connectivity index (χ2n) is 4.80. The fourth-order valence-corrected chi connectivity index (χ4v) is 2.25. The molecule has 0 bridgehead atoms. The molecular formula is C16H14FNO2. The maximum Gasteiger partial charge on any atom is 0.198 e. The molecule has 4 heteroatoms. The number of aliphatic hydroxyl groups is 1. The second-order valence-corrected chi connectivity index (χ2v) is 4.80. The number of hydrogen-bond donors (Lipinski definition) is 1. The van der Waals surface area contributed by atoms with E-state index in [2.05, 4.69) is 4.98 Å². The Balaban J connectivity index is 1.88. The molecule has 0 radical (unpaired) electrons. The zero-order valence-electron chi connectivity index (χ0n) is 11.0. The van der Waals surface area contributed by atoms with E-state index in [-0.39, 0.29) is 12.2 Å². The summed E-state index contributed by atoms with van der Waals surface area (Å²) in [6.45, 7) is 1.84. The number of oxazole rings is 1. The topological polar surface area (TPSA) is 46.3 Å². The van der Waals surface area contributed by atoms with Crippen LogP contribution >= 0.6 is 0 Å². The number of aryl methyl sites for hydroxylation is 1. The zero-order valence-corrected chi connectivity index (χ0v) is 11.0. The van der Waals surface area contributed by atoms with Crippen molar-refractivity contribution in [2.24, 2.45) is 0 Å². The van der Waals surface area contributed by atoms with E-state index in [0.717, 1.165) is 11.1 Å². The predicted octanol–water partition coefficient (Wildman–Crippen LogP) is 3.55. The first-order valence-corrected chi connectivity index (χ1v) is 6.42. The third kappa shape index (κ3) is 2.42. The summed E-state index contributed by atoms with van der Waals surface area (Å²) >= 11 is 0. The smallest absolute Gasteiger partial charge is 0.198 e. The summed E-state index contributed by atoms with van der Waals surface area (Å²) in [4.78, 5) is 4.31. The third-order valence-electron chi connectivity index (χ3n) is 3.31. The summed E-state index contributed by atoms with van der Waals surface area (Å²) in [5, 5.41) is 10.2. The van der Waals surface area contributed by atoms with Gasteiger partial charge in [-0.1, -0.05) is 18.2 Å². The number of nitrogens with zero attached hydrogens (tertiary/aromatic N) is 1. The summed E-state index contributed by atoms with van der Waals surface area (Å²) in [7, 11) is 0. The van der Waals surface area contributed by atoms with Gasteiger partial charge in [-0.25, -0.2) is 9.37 Å². The van der Waals surface area contributed by atoms with Crippen LogP contribution in [-0.4, -0.2) is 10.1 Å². The van der Waals surface area contributed by atoms with Crippen LogP contribution < -0.4 is 0 Å². The molecule has 20 heavy (non-hydrogen) atoms. The molecule has 3 nitrogen and oxygen atoms in total.